The number of benzene rings is 1. The van der Waals surface area contributed by atoms with Crippen molar-refractivity contribution in [2.24, 2.45) is 11.7 Å². The van der Waals surface area contributed by atoms with E-state index in [2.05, 4.69) is 19.2 Å². The van der Waals surface area contributed by atoms with Gasteiger partial charge in [0.15, 0.2) is 0 Å². The second-order valence-corrected chi connectivity index (χ2v) is 4.65. The molecule has 1 amide bonds. The number of hydrogen-bond acceptors (Lipinski definition) is 3. The zero-order chi connectivity index (χ0) is 13.4. The van der Waals surface area contributed by atoms with E-state index in [0.29, 0.717) is 25.5 Å². The number of hydrogen-bond donors (Lipinski definition) is 2. The summed E-state index contributed by atoms with van der Waals surface area (Å²) in [6.45, 7) is 5.37. The van der Waals surface area contributed by atoms with Gasteiger partial charge in [0.1, 0.15) is 5.75 Å². The lowest BCUT2D eigenvalue weighted by Gasteiger charge is -2.10. The molecule has 108 valence electrons. The van der Waals surface area contributed by atoms with E-state index in [0.717, 1.165) is 17.9 Å². The molecule has 0 radical (unpaired) electrons. The minimum Gasteiger partial charge on any atom is -0.494 e. The number of nitrogens with two attached hydrogens (primary N) is 1. The normalized spacial score (nSPS) is 9.89. The lowest BCUT2D eigenvalue weighted by Crippen LogP contribution is -2.16. The standard InChI is InChI=1S/C14H22N2O2.ClH/c1-11(2)7-9-18-13-5-3-4-12(10-13)16-14(17)6-8-15;/h3-5,10-11H,6-9,15H2,1-2H3,(H,16,17);1H. The Morgan fingerprint density at radius 2 is 2.16 bits per heavy atom. The summed E-state index contributed by atoms with van der Waals surface area (Å²) >= 11 is 0. The molecule has 1 aromatic carbocycles. The van der Waals surface area contributed by atoms with Crippen LogP contribution in [0.5, 0.6) is 5.75 Å². The maximum absolute atomic E-state index is 11.4. The summed E-state index contributed by atoms with van der Waals surface area (Å²) in [5, 5.41) is 2.78. The van der Waals surface area contributed by atoms with Gasteiger partial charge in [-0.05, 0) is 24.5 Å². The molecule has 4 nitrogen and oxygen atoms in total. The van der Waals surface area contributed by atoms with E-state index in [9.17, 15) is 4.79 Å². The van der Waals surface area contributed by atoms with E-state index < -0.39 is 0 Å². The molecule has 0 heterocycles. The first-order chi connectivity index (χ1) is 8.61. The Balaban J connectivity index is 0.00000324. The zero-order valence-corrected chi connectivity index (χ0v) is 12.3. The average Bonchev–Trinajstić information content (AvgIpc) is 2.29. The van der Waals surface area contributed by atoms with Gasteiger partial charge in [-0.15, -0.1) is 12.4 Å². The third-order valence-electron chi connectivity index (χ3n) is 2.45. The summed E-state index contributed by atoms with van der Waals surface area (Å²) < 4.78 is 5.62. The first-order valence-corrected chi connectivity index (χ1v) is 6.34. The number of anilines is 1. The van der Waals surface area contributed by atoms with Crippen LogP contribution in [0.3, 0.4) is 0 Å². The van der Waals surface area contributed by atoms with Crippen LogP contribution in [0.2, 0.25) is 0 Å². The van der Waals surface area contributed by atoms with Gasteiger partial charge in [-0.1, -0.05) is 19.9 Å². The van der Waals surface area contributed by atoms with Gasteiger partial charge in [0.05, 0.1) is 6.61 Å². The van der Waals surface area contributed by atoms with E-state index >= 15 is 0 Å². The largest absolute Gasteiger partial charge is 0.494 e. The monoisotopic (exact) mass is 286 g/mol. The van der Waals surface area contributed by atoms with Crippen LogP contribution in [0.25, 0.3) is 0 Å². The number of rotatable bonds is 7. The molecule has 5 heteroatoms. The van der Waals surface area contributed by atoms with E-state index in [4.69, 9.17) is 10.5 Å². The highest BCUT2D eigenvalue weighted by Gasteiger charge is 2.02. The molecule has 0 saturated carbocycles. The molecule has 19 heavy (non-hydrogen) atoms. The predicted molar refractivity (Wildman–Crippen MR) is 80.9 cm³/mol. The molecule has 0 aliphatic rings. The molecule has 0 aromatic heterocycles. The van der Waals surface area contributed by atoms with Crippen LogP contribution in [0.15, 0.2) is 24.3 Å². The minimum absolute atomic E-state index is 0. The number of halogens is 1. The van der Waals surface area contributed by atoms with Crippen molar-refractivity contribution in [1.29, 1.82) is 0 Å². The average molecular weight is 287 g/mol. The van der Waals surface area contributed by atoms with Crippen molar-refractivity contribution < 1.29 is 9.53 Å². The van der Waals surface area contributed by atoms with Crippen molar-refractivity contribution in [2.45, 2.75) is 26.7 Å². The molecule has 3 N–H and O–H groups in total. The Kier molecular flexibility index (Phi) is 9.00. The van der Waals surface area contributed by atoms with Crippen LogP contribution >= 0.6 is 12.4 Å². The van der Waals surface area contributed by atoms with Crippen LogP contribution < -0.4 is 15.8 Å². The molecule has 0 spiro atoms. The topological polar surface area (TPSA) is 64.3 Å². The fraction of sp³-hybridized carbons (Fsp3) is 0.500. The number of nitrogens with one attached hydrogen (secondary N) is 1. The fourth-order valence-electron chi connectivity index (χ4n) is 1.43. The molecule has 1 aromatic rings. The highest BCUT2D eigenvalue weighted by molar-refractivity contribution is 5.90. The van der Waals surface area contributed by atoms with Crippen LogP contribution in [-0.4, -0.2) is 19.1 Å². The molecule has 0 atom stereocenters. The summed E-state index contributed by atoms with van der Waals surface area (Å²) in [4.78, 5) is 11.4. The van der Waals surface area contributed by atoms with Crippen molar-refractivity contribution in [3.05, 3.63) is 24.3 Å². The number of amides is 1. The Morgan fingerprint density at radius 3 is 2.79 bits per heavy atom. The predicted octanol–water partition coefficient (Wildman–Crippen LogP) is 2.82. The van der Waals surface area contributed by atoms with E-state index in [1.165, 1.54) is 0 Å². The number of carbonyl (C=O) groups excluding carboxylic acids is 1. The van der Waals surface area contributed by atoms with Gasteiger partial charge in [-0.25, -0.2) is 0 Å². The van der Waals surface area contributed by atoms with Crippen molar-refractivity contribution >= 4 is 24.0 Å². The van der Waals surface area contributed by atoms with Crippen molar-refractivity contribution in [2.75, 3.05) is 18.5 Å². The first kappa shape index (κ1) is 17.7. The van der Waals surface area contributed by atoms with Crippen molar-refractivity contribution in [3.8, 4) is 5.75 Å². The number of carbonyl (C=O) groups is 1. The quantitative estimate of drug-likeness (QED) is 0.810. The molecular weight excluding hydrogens is 264 g/mol. The van der Waals surface area contributed by atoms with Crippen LogP contribution in [0.1, 0.15) is 26.7 Å². The summed E-state index contributed by atoms with van der Waals surface area (Å²) in [6, 6.07) is 7.42. The lowest BCUT2D eigenvalue weighted by molar-refractivity contribution is -0.116. The molecule has 0 bridgehead atoms. The summed E-state index contributed by atoms with van der Waals surface area (Å²) in [7, 11) is 0. The SMILES string of the molecule is CC(C)CCOc1cccc(NC(=O)CCN)c1.Cl. The van der Waals surface area contributed by atoms with Gasteiger partial charge in [0.25, 0.3) is 0 Å². The number of ether oxygens (including phenoxy) is 1. The van der Waals surface area contributed by atoms with Gasteiger partial charge in [0, 0.05) is 24.7 Å². The molecule has 0 saturated heterocycles. The van der Waals surface area contributed by atoms with Crippen LogP contribution in [0, 0.1) is 5.92 Å². The van der Waals surface area contributed by atoms with Crippen molar-refractivity contribution in [3.63, 3.8) is 0 Å². The fourth-order valence-corrected chi connectivity index (χ4v) is 1.43. The molecular formula is C14H23ClN2O2. The van der Waals surface area contributed by atoms with Crippen LogP contribution in [0.4, 0.5) is 5.69 Å². The second-order valence-electron chi connectivity index (χ2n) is 4.65. The highest BCUT2D eigenvalue weighted by Crippen LogP contribution is 2.18. The van der Waals surface area contributed by atoms with Crippen molar-refractivity contribution in [1.82, 2.24) is 0 Å². The molecule has 0 fully saturated rings. The lowest BCUT2D eigenvalue weighted by atomic mass is 10.1. The molecule has 1 rings (SSSR count). The van der Waals surface area contributed by atoms with E-state index in [1.54, 1.807) is 0 Å². The maximum atomic E-state index is 11.4. The van der Waals surface area contributed by atoms with E-state index in [1.807, 2.05) is 24.3 Å². The van der Waals surface area contributed by atoms with Gasteiger partial charge < -0.3 is 15.8 Å². The van der Waals surface area contributed by atoms with Gasteiger partial charge in [-0.2, -0.15) is 0 Å². The Hall–Kier alpha value is -1.26. The Morgan fingerprint density at radius 1 is 1.42 bits per heavy atom. The summed E-state index contributed by atoms with van der Waals surface area (Å²) in [6.07, 6.45) is 1.35. The minimum atomic E-state index is -0.0724. The van der Waals surface area contributed by atoms with Crippen LogP contribution in [-0.2, 0) is 4.79 Å². The Bertz CT molecular complexity index is 383. The highest BCUT2D eigenvalue weighted by atomic mass is 35.5. The third-order valence-corrected chi connectivity index (χ3v) is 2.45. The first-order valence-electron chi connectivity index (χ1n) is 6.34. The van der Waals surface area contributed by atoms with E-state index in [-0.39, 0.29) is 18.3 Å². The zero-order valence-electron chi connectivity index (χ0n) is 11.5. The molecule has 0 aliphatic carbocycles. The third kappa shape index (κ3) is 7.70. The summed E-state index contributed by atoms with van der Waals surface area (Å²) in [5.74, 6) is 1.33. The Labute approximate surface area is 121 Å². The van der Waals surface area contributed by atoms with Gasteiger partial charge >= 0.3 is 0 Å². The summed E-state index contributed by atoms with van der Waals surface area (Å²) in [5.41, 5.74) is 6.07. The van der Waals surface area contributed by atoms with Gasteiger partial charge in [-0.3, -0.25) is 4.79 Å². The maximum Gasteiger partial charge on any atom is 0.225 e. The molecule has 0 unspecified atom stereocenters. The smallest absolute Gasteiger partial charge is 0.225 e. The van der Waals surface area contributed by atoms with Gasteiger partial charge in [0.2, 0.25) is 5.91 Å². The second kappa shape index (κ2) is 9.64. The molecule has 0 aliphatic heterocycles.